The fourth-order valence-corrected chi connectivity index (χ4v) is 3.44. The number of primary amides is 1. The van der Waals surface area contributed by atoms with Crippen LogP contribution in [0.25, 0.3) is 16.8 Å². The van der Waals surface area contributed by atoms with Crippen LogP contribution in [0.1, 0.15) is 17.0 Å². The Morgan fingerprint density at radius 1 is 1.03 bits per heavy atom. The Morgan fingerprint density at radius 3 is 2.42 bits per heavy atom. The molecule has 2 aromatic carbocycles. The van der Waals surface area contributed by atoms with Crippen molar-refractivity contribution in [1.29, 1.82) is 0 Å². The number of nitrogens with two attached hydrogens (primary N) is 1. The van der Waals surface area contributed by atoms with Gasteiger partial charge in [0.25, 0.3) is 0 Å². The van der Waals surface area contributed by atoms with Crippen molar-refractivity contribution in [3.63, 3.8) is 0 Å². The van der Waals surface area contributed by atoms with E-state index in [0.717, 1.165) is 17.2 Å². The van der Waals surface area contributed by atoms with Crippen molar-refractivity contribution < 1.29 is 22.7 Å². The highest BCUT2D eigenvalue weighted by atomic mass is 35.5. The van der Waals surface area contributed by atoms with E-state index < -0.39 is 23.9 Å². The molecule has 31 heavy (non-hydrogen) atoms. The van der Waals surface area contributed by atoms with Gasteiger partial charge in [-0.2, -0.15) is 5.10 Å². The number of carbonyl (C=O) groups excluding carboxylic acids is 1. The first-order chi connectivity index (χ1) is 14.7. The molecular formula is C21H14ClF3N4O2. The minimum atomic E-state index is -4.92. The molecular weight excluding hydrogens is 433 g/mol. The van der Waals surface area contributed by atoms with Crippen molar-refractivity contribution in [2.45, 2.75) is 12.3 Å². The Morgan fingerprint density at radius 2 is 1.74 bits per heavy atom. The number of benzene rings is 2. The van der Waals surface area contributed by atoms with E-state index in [0.29, 0.717) is 11.2 Å². The lowest BCUT2D eigenvalue weighted by Crippen LogP contribution is -2.23. The molecule has 0 saturated heterocycles. The van der Waals surface area contributed by atoms with E-state index in [1.165, 1.54) is 18.5 Å². The van der Waals surface area contributed by atoms with Crippen molar-refractivity contribution in [3.05, 3.63) is 83.3 Å². The predicted molar refractivity (Wildman–Crippen MR) is 108 cm³/mol. The molecule has 0 aliphatic rings. The molecule has 6 nitrogen and oxygen atoms in total. The normalized spacial score (nSPS) is 12.6. The zero-order valence-electron chi connectivity index (χ0n) is 15.7. The van der Waals surface area contributed by atoms with Crippen molar-refractivity contribution in [2.75, 3.05) is 0 Å². The van der Waals surface area contributed by atoms with E-state index in [2.05, 4.69) is 14.8 Å². The Balaban J connectivity index is 1.67. The lowest BCUT2D eigenvalue weighted by molar-refractivity contribution is -0.274. The molecule has 4 rings (SSSR count). The van der Waals surface area contributed by atoms with E-state index in [4.69, 9.17) is 17.3 Å². The third-order valence-corrected chi connectivity index (χ3v) is 4.97. The maximum atomic E-state index is 12.6. The first-order valence-corrected chi connectivity index (χ1v) is 9.33. The van der Waals surface area contributed by atoms with Gasteiger partial charge in [-0.05, 0) is 46.5 Å². The highest BCUT2D eigenvalue weighted by Crippen LogP contribution is 2.35. The fraction of sp³-hybridized carbons (Fsp3) is 0.0952. The Kier molecular flexibility index (Phi) is 5.28. The molecule has 0 spiro atoms. The average molecular weight is 447 g/mol. The topological polar surface area (TPSA) is 82.5 Å². The Hall–Kier alpha value is -3.59. The van der Waals surface area contributed by atoms with Crippen LogP contribution in [0.4, 0.5) is 13.2 Å². The minimum Gasteiger partial charge on any atom is -0.404 e. The number of amides is 1. The summed E-state index contributed by atoms with van der Waals surface area (Å²) in [5, 5.41) is 3.81. The summed E-state index contributed by atoms with van der Waals surface area (Å²) in [6, 6.07) is 14.4. The van der Waals surface area contributed by atoms with Crippen LogP contribution >= 0.6 is 11.6 Å². The summed E-state index contributed by atoms with van der Waals surface area (Å²) >= 11 is 5.80. The van der Waals surface area contributed by atoms with Crippen LogP contribution in [-0.4, -0.2) is 26.9 Å². The maximum absolute atomic E-state index is 12.6. The van der Waals surface area contributed by atoms with Gasteiger partial charge >= 0.3 is 6.36 Å². The van der Waals surface area contributed by atoms with Crippen LogP contribution < -0.4 is 10.5 Å². The van der Waals surface area contributed by atoms with Crippen LogP contribution in [0, 0.1) is 0 Å². The summed E-state index contributed by atoms with van der Waals surface area (Å²) in [4.78, 5) is 16.3. The van der Waals surface area contributed by atoms with E-state index in [1.807, 2.05) is 12.1 Å². The van der Waals surface area contributed by atoms with Gasteiger partial charge in [0.1, 0.15) is 12.1 Å². The predicted octanol–water partition coefficient (Wildman–Crippen LogP) is 4.57. The third-order valence-electron chi connectivity index (χ3n) is 4.66. The highest BCUT2D eigenvalue weighted by Gasteiger charge is 2.32. The van der Waals surface area contributed by atoms with E-state index in [1.54, 1.807) is 35.0 Å². The van der Waals surface area contributed by atoms with E-state index in [9.17, 15) is 18.0 Å². The maximum Gasteiger partial charge on any atom is 0.573 e. The molecule has 1 amide bonds. The largest absolute Gasteiger partial charge is 0.573 e. The lowest BCUT2D eigenvalue weighted by Gasteiger charge is -2.17. The van der Waals surface area contributed by atoms with Crippen molar-refractivity contribution in [3.8, 4) is 16.9 Å². The quantitative estimate of drug-likeness (QED) is 0.487. The Bertz CT molecular complexity index is 1260. The summed E-state index contributed by atoms with van der Waals surface area (Å²) < 4.78 is 43.5. The lowest BCUT2D eigenvalue weighted by atomic mass is 9.89. The Labute approximate surface area is 179 Å². The number of carbonyl (C=O) groups is 1. The van der Waals surface area contributed by atoms with Gasteiger partial charge in [0.2, 0.25) is 5.91 Å². The zero-order chi connectivity index (χ0) is 22.2. The van der Waals surface area contributed by atoms with Crippen molar-refractivity contribution in [2.24, 2.45) is 5.73 Å². The van der Waals surface area contributed by atoms with Crippen LogP contribution in [0.3, 0.4) is 0 Å². The number of fused-ring (bicyclic) bond motifs is 1. The molecule has 0 aliphatic carbocycles. The molecule has 0 radical (unpaired) electrons. The molecule has 2 N–H and O–H groups in total. The average Bonchev–Trinajstić information content (AvgIpc) is 3.17. The molecule has 1 atom stereocenters. The number of aromatic nitrogens is 3. The molecule has 1 unspecified atom stereocenters. The SMILES string of the molecule is NC(=O)C(c1ccc(-c2ccn3ncnc3c2)cc1)c1ccc(Cl)c(OC(F)(F)F)c1. The second-order valence-electron chi connectivity index (χ2n) is 6.67. The summed E-state index contributed by atoms with van der Waals surface area (Å²) in [6.45, 7) is 0. The van der Waals surface area contributed by atoms with Crippen LogP contribution in [0.15, 0.2) is 67.1 Å². The number of halogens is 4. The minimum absolute atomic E-state index is 0.230. The molecule has 2 aromatic heterocycles. The number of alkyl halides is 3. The summed E-state index contributed by atoms with van der Waals surface area (Å²) in [6.07, 6.45) is -1.70. The number of hydrogen-bond acceptors (Lipinski definition) is 4. The standard InChI is InChI=1S/C21H14ClF3N4O2/c22-16-6-5-15(9-17(16)31-21(23,24)25)19(20(26)30)13-3-1-12(2-4-13)14-7-8-29-18(10-14)27-11-28-29/h1-11,19H,(H2,26,30). The number of ether oxygens (including phenoxy) is 1. The molecule has 158 valence electrons. The molecule has 0 aliphatic heterocycles. The number of hydrogen-bond donors (Lipinski definition) is 1. The molecule has 4 aromatic rings. The number of rotatable bonds is 5. The van der Waals surface area contributed by atoms with Gasteiger partial charge in [-0.25, -0.2) is 9.50 Å². The van der Waals surface area contributed by atoms with Gasteiger partial charge in [-0.15, -0.1) is 13.2 Å². The van der Waals surface area contributed by atoms with Crippen LogP contribution in [-0.2, 0) is 4.79 Å². The second kappa shape index (κ2) is 7.92. The van der Waals surface area contributed by atoms with Gasteiger partial charge in [0.05, 0.1) is 10.9 Å². The number of pyridine rings is 1. The van der Waals surface area contributed by atoms with E-state index in [-0.39, 0.29) is 10.6 Å². The highest BCUT2D eigenvalue weighted by molar-refractivity contribution is 6.32. The second-order valence-corrected chi connectivity index (χ2v) is 7.08. The monoisotopic (exact) mass is 446 g/mol. The summed E-state index contributed by atoms with van der Waals surface area (Å²) in [5.74, 6) is -2.31. The molecule has 0 fully saturated rings. The van der Waals surface area contributed by atoms with Gasteiger partial charge in [-0.1, -0.05) is 41.9 Å². The third kappa shape index (κ3) is 4.46. The van der Waals surface area contributed by atoms with Crippen molar-refractivity contribution in [1.82, 2.24) is 14.6 Å². The van der Waals surface area contributed by atoms with Crippen LogP contribution in [0.2, 0.25) is 5.02 Å². The van der Waals surface area contributed by atoms with Gasteiger partial charge in [-0.3, -0.25) is 4.79 Å². The molecule has 0 saturated carbocycles. The molecule has 2 heterocycles. The number of nitrogens with zero attached hydrogens (tertiary/aromatic N) is 3. The fourth-order valence-electron chi connectivity index (χ4n) is 3.29. The first kappa shape index (κ1) is 20.7. The first-order valence-electron chi connectivity index (χ1n) is 8.95. The molecule has 10 heteroatoms. The van der Waals surface area contributed by atoms with Gasteiger partial charge in [0.15, 0.2) is 5.65 Å². The smallest absolute Gasteiger partial charge is 0.404 e. The van der Waals surface area contributed by atoms with Crippen molar-refractivity contribution >= 4 is 23.2 Å². The van der Waals surface area contributed by atoms with Gasteiger partial charge < -0.3 is 10.5 Å². The van der Waals surface area contributed by atoms with Crippen LogP contribution in [0.5, 0.6) is 5.75 Å². The summed E-state index contributed by atoms with van der Waals surface area (Å²) in [5.41, 5.74) is 8.72. The van der Waals surface area contributed by atoms with Gasteiger partial charge in [0, 0.05) is 6.20 Å². The van der Waals surface area contributed by atoms with E-state index >= 15 is 0 Å². The zero-order valence-corrected chi connectivity index (χ0v) is 16.4. The molecule has 0 bridgehead atoms. The summed E-state index contributed by atoms with van der Waals surface area (Å²) in [7, 11) is 0.